The maximum atomic E-state index is 13.0. The first-order chi connectivity index (χ1) is 12.8. The van der Waals surface area contributed by atoms with E-state index in [0.717, 1.165) is 11.3 Å². The molecule has 1 fully saturated rings. The molecule has 1 aromatic carbocycles. The summed E-state index contributed by atoms with van der Waals surface area (Å²) < 4.78 is 23.6. The van der Waals surface area contributed by atoms with E-state index >= 15 is 0 Å². The molecule has 0 bridgehead atoms. The number of amides is 1. The molecule has 27 heavy (non-hydrogen) atoms. The summed E-state index contributed by atoms with van der Waals surface area (Å²) in [6, 6.07) is 9.12. The molecule has 2 heterocycles. The average Bonchev–Trinajstić information content (AvgIpc) is 2.99. The van der Waals surface area contributed by atoms with Gasteiger partial charge in [0.15, 0.2) is 9.84 Å². The minimum Gasteiger partial charge on any atom is -0.340 e. The minimum absolute atomic E-state index is 0.0469. The molecule has 1 aromatic heterocycles. The summed E-state index contributed by atoms with van der Waals surface area (Å²) in [5.74, 6) is 0.623. The Morgan fingerprint density at radius 1 is 1.30 bits per heavy atom. The summed E-state index contributed by atoms with van der Waals surface area (Å²) >= 11 is 0. The van der Waals surface area contributed by atoms with Crippen LogP contribution in [0.1, 0.15) is 34.8 Å². The van der Waals surface area contributed by atoms with Crippen molar-refractivity contribution < 1.29 is 13.2 Å². The van der Waals surface area contributed by atoms with Gasteiger partial charge in [-0.1, -0.05) is 12.1 Å². The fourth-order valence-corrected chi connectivity index (χ4v) is 5.14. The van der Waals surface area contributed by atoms with Crippen molar-refractivity contribution in [3.05, 3.63) is 53.2 Å². The van der Waals surface area contributed by atoms with Crippen LogP contribution in [-0.2, 0) is 9.84 Å². The van der Waals surface area contributed by atoms with Gasteiger partial charge >= 0.3 is 0 Å². The van der Waals surface area contributed by atoms with Crippen LogP contribution in [-0.4, -0.2) is 48.3 Å². The number of hydrogen-bond acceptors (Lipinski definition) is 5. The third-order valence-electron chi connectivity index (χ3n) is 5.12. The summed E-state index contributed by atoms with van der Waals surface area (Å²) in [7, 11) is -3.04. The van der Waals surface area contributed by atoms with Crippen molar-refractivity contribution in [1.82, 2.24) is 9.88 Å². The van der Waals surface area contributed by atoms with Gasteiger partial charge in [-0.15, -0.1) is 0 Å². The van der Waals surface area contributed by atoms with Crippen molar-refractivity contribution >= 4 is 27.2 Å². The highest BCUT2D eigenvalue weighted by Crippen LogP contribution is 2.24. The van der Waals surface area contributed by atoms with Gasteiger partial charge in [-0.05, 0) is 56.5 Å². The van der Waals surface area contributed by atoms with Gasteiger partial charge in [-0.2, -0.15) is 0 Å². The zero-order valence-electron chi connectivity index (χ0n) is 15.9. The van der Waals surface area contributed by atoms with E-state index in [4.69, 9.17) is 0 Å². The fraction of sp³-hybridized carbons (Fsp3) is 0.400. The molecule has 2 aromatic rings. The first-order valence-electron chi connectivity index (χ1n) is 9.11. The second-order valence-corrected chi connectivity index (χ2v) is 9.18. The Labute approximate surface area is 160 Å². The monoisotopic (exact) mass is 387 g/mol. The summed E-state index contributed by atoms with van der Waals surface area (Å²) in [5.41, 5.74) is 3.75. The summed E-state index contributed by atoms with van der Waals surface area (Å²) in [5, 5.41) is 3.27. The molecule has 6 nitrogen and oxygen atoms in total. The van der Waals surface area contributed by atoms with E-state index in [1.54, 1.807) is 23.2 Å². The number of aromatic nitrogens is 1. The van der Waals surface area contributed by atoms with Crippen LogP contribution in [0.4, 0.5) is 11.5 Å². The first-order valence-corrected chi connectivity index (χ1v) is 10.9. The van der Waals surface area contributed by atoms with Crippen molar-refractivity contribution in [2.24, 2.45) is 0 Å². The number of carbonyl (C=O) groups excluding carboxylic acids is 1. The quantitative estimate of drug-likeness (QED) is 0.853. The van der Waals surface area contributed by atoms with Crippen LogP contribution < -0.4 is 5.32 Å². The number of hydrogen-bond donors (Lipinski definition) is 1. The molecule has 0 radical (unpaired) electrons. The van der Waals surface area contributed by atoms with Crippen molar-refractivity contribution in [2.45, 2.75) is 33.2 Å². The summed E-state index contributed by atoms with van der Waals surface area (Å²) in [4.78, 5) is 18.9. The molecule has 0 saturated carbocycles. The molecule has 1 aliphatic rings. The molecule has 1 unspecified atom stereocenters. The van der Waals surface area contributed by atoms with Gasteiger partial charge in [0.25, 0.3) is 5.91 Å². The summed E-state index contributed by atoms with van der Waals surface area (Å²) in [6.07, 6.45) is 2.10. The second kappa shape index (κ2) is 7.68. The number of carbonyl (C=O) groups is 1. The van der Waals surface area contributed by atoms with E-state index in [0.29, 0.717) is 24.3 Å². The molecule has 1 saturated heterocycles. The van der Waals surface area contributed by atoms with Gasteiger partial charge in [-0.25, -0.2) is 13.4 Å². The Kier molecular flexibility index (Phi) is 5.51. The van der Waals surface area contributed by atoms with E-state index in [9.17, 15) is 13.2 Å². The average molecular weight is 388 g/mol. The lowest BCUT2D eigenvalue weighted by atomic mass is 10.1. The van der Waals surface area contributed by atoms with Gasteiger partial charge in [0.05, 0.1) is 11.5 Å². The number of rotatable bonds is 5. The van der Waals surface area contributed by atoms with Crippen LogP contribution in [0.3, 0.4) is 0 Å². The topological polar surface area (TPSA) is 79.4 Å². The highest BCUT2D eigenvalue weighted by atomic mass is 32.2. The Morgan fingerprint density at radius 2 is 2.07 bits per heavy atom. The molecule has 144 valence electrons. The van der Waals surface area contributed by atoms with Gasteiger partial charge in [0, 0.05) is 30.0 Å². The number of nitrogens with one attached hydrogen (secondary N) is 1. The molecule has 1 amide bonds. The van der Waals surface area contributed by atoms with Gasteiger partial charge in [-0.3, -0.25) is 4.79 Å². The van der Waals surface area contributed by atoms with Crippen LogP contribution >= 0.6 is 0 Å². The number of sulfone groups is 1. The second-order valence-electron chi connectivity index (χ2n) is 6.95. The highest BCUT2D eigenvalue weighted by Gasteiger charge is 2.34. The minimum atomic E-state index is -3.04. The summed E-state index contributed by atoms with van der Waals surface area (Å²) in [6.45, 7) is 6.43. The Bertz CT molecular complexity index is 957. The largest absolute Gasteiger partial charge is 0.340 e. The van der Waals surface area contributed by atoms with E-state index in [2.05, 4.69) is 10.3 Å². The van der Waals surface area contributed by atoms with Crippen molar-refractivity contribution in [3.63, 3.8) is 0 Å². The first kappa shape index (κ1) is 19.4. The number of anilines is 2. The van der Waals surface area contributed by atoms with Crippen LogP contribution in [0.15, 0.2) is 36.5 Å². The fourth-order valence-electron chi connectivity index (χ4n) is 3.41. The lowest BCUT2D eigenvalue weighted by Gasteiger charge is -2.27. The zero-order valence-corrected chi connectivity index (χ0v) is 16.7. The molecular formula is C20H25N3O3S. The van der Waals surface area contributed by atoms with Crippen LogP contribution in [0.5, 0.6) is 0 Å². The standard InChI is InChI=1S/C20H25N3O3S/c1-4-23(17-9-11-27(25,26)13-17)20(24)16-8-10-21-19(12-16)22-18-7-5-6-14(2)15(18)3/h5-8,10,12,17H,4,9,11,13H2,1-3H3,(H,21,22). The third-order valence-corrected chi connectivity index (χ3v) is 6.88. The predicted molar refractivity (Wildman–Crippen MR) is 107 cm³/mol. The molecule has 1 aliphatic heterocycles. The molecule has 0 aliphatic carbocycles. The predicted octanol–water partition coefficient (Wildman–Crippen LogP) is 3.09. The van der Waals surface area contributed by atoms with Gasteiger partial charge < -0.3 is 10.2 Å². The molecule has 0 spiro atoms. The molecule has 7 heteroatoms. The SMILES string of the molecule is CCN(C(=O)c1ccnc(Nc2cccc(C)c2C)c1)C1CCS(=O)(=O)C1. The van der Waals surface area contributed by atoms with E-state index in [1.165, 1.54) is 5.56 Å². The normalized spacial score (nSPS) is 18.3. The third kappa shape index (κ3) is 4.30. The maximum absolute atomic E-state index is 13.0. The number of aryl methyl sites for hydroxylation is 1. The van der Waals surface area contributed by atoms with E-state index in [-0.39, 0.29) is 23.5 Å². The molecule has 3 rings (SSSR count). The number of pyridine rings is 1. The zero-order chi connectivity index (χ0) is 19.6. The maximum Gasteiger partial charge on any atom is 0.254 e. The molecule has 1 N–H and O–H groups in total. The molecular weight excluding hydrogens is 362 g/mol. The van der Waals surface area contributed by atoms with Crippen LogP contribution in [0.2, 0.25) is 0 Å². The van der Waals surface area contributed by atoms with Crippen LogP contribution in [0.25, 0.3) is 0 Å². The van der Waals surface area contributed by atoms with Gasteiger partial charge in [0.1, 0.15) is 5.82 Å². The smallest absolute Gasteiger partial charge is 0.254 e. The Hall–Kier alpha value is -2.41. The highest BCUT2D eigenvalue weighted by molar-refractivity contribution is 7.91. The molecule has 1 atom stereocenters. The van der Waals surface area contributed by atoms with Crippen molar-refractivity contribution in [1.29, 1.82) is 0 Å². The van der Waals surface area contributed by atoms with Gasteiger partial charge in [0.2, 0.25) is 0 Å². The van der Waals surface area contributed by atoms with Crippen LogP contribution in [0, 0.1) is 13.8 Å². The van der Waals surface area contributed by atoms with Crippen molar-refractivity contribution in [2.75, 3.05) is 23.4 Å². The number of benzene rings is 1. The Morgan fingerprint density at radius 3 is 2.74 bits per heavy atom. The van der Waals surface area contributed by atoms with Crippen molar-refractivity contribution in [3.8, 4) is 0 Å². The lowest BCUT2D eigenvalue weighted by molar-refractivity contribution is 0.0708. The Balaban J connectivity index is 1.82. The lowest BCUT2D eigenvalue weighted by Crippen LogP contribution is -2.41. The number of nitrogens with zero attached hydrogens (tertiary/aromatic N) is 2. The van der Waals surface area contributed by atoms with E-state index in [1.807, 2.05) is 39.0 Å². The van der Waals surface area contributed by atoms with E-state index < -0.39 is 9.84 Å².